The Hall–Kier alpha value is -1.13. The summed E-state index contributed by atoms with van der Waals surface area (Å²) in [5, 5.41) is 3.15. The van der Waals surface area contributed by atoms with Crippen molar-refractivity contribution in [3.05, 3.63) is 58.2 Å². The first-order valence-electron chi connectivity index (χ1n) is 4.91. The minimum absolute atomic E-state index is 0.200. The summed E-state index contributed by atoms with van der Waals surface area (Å²) in [6, 6.07) is 6.94. The Labute approximate surface area is 102 Å². The van der Waals surface area contributed by atoms with Crippen molar-refractivity contribution in [1.82, 2.24) is 5.32 Å². The molecule has 16 heavy (non-hydrogen) atoms. The molecular weight excluding hydrogens is 273 g/mol. The van der Waals surface area contributed by atoms with E-state index in [4.69, 9.17) is 4.42 Å². The summed E-state index contributed by atoms with van der Waals surface area (Å²) >= 11 is 3.22. The predicted molar refractivity (Wildman–Crippen MR) is 63.4 cm³/mol. The Morgan fingerprint density at radius 1 is 1.25 bits per heavy atom. The first-order chi connectivity index (χ1) is 7.75. The van der Waals surface area contributed by atoms with Crippen LogP contribution >= 0.6 is 15.9 Å². The fourth-order valence-electron chi connectivity index (χ4n) is 1.40. The molecule has 0 aliphatic heterocycles. The third-order valence-electron chi connectivity index (χ3n) is 2.24. The summed E-state index contributed by atoms with van der Waals surface area (Å²) in [6.45, 7) is 1.18. The van der Waals surface area contributed by atoms with Crippen LogP contribution in [0.25, 0.3) is 0 Å². The number of hydrogen-bond acceptors (Lipinski definition) is 2. The smallest absolute Gasteiger partial charge is 0.128 e. The number of nitrogens with one attached hydrogen (secondary N) is 1. The van der Waals surface area contributed by atoms with Crippen molar-refractivity contribution >= 4 is 15.9 Å². The molecule has 2 nitrogen and oxygen atoms in total. The molecule has 2 aromatic rings. The largest absolute Gasteiger partial charge is 0.472 e. The quantitative estimate of drug-likeness (QED) is 0.930. The zero-order chi connectivity index (χ0) is 11.4. The van der Waals surface area contributed by atoms with Crippen molar-refractivity contribution in [2.45, 2.75) is 13.1 Å². The molecule has 0 saturated heterocycles. The molecule has 1 heterocycles. The van der Waals surface area contributed by atoms with Gasteiger partial charge in [-0.3, -0.25) is 0 Å². The van der Waals surface area contributed by atoms with Crippen LogP contribution in [0.5, 0.6) is 0 Å². The van der Waals surface area contributed by atoms with Crippen LogP contribution in [0, 0.1) is 5.82 Å². The fourth-order valence-corrected chi connectivity index (χ4v) is 1.73. The summed E-state index contributed by atoms with van der Waals surface area (Å²) in [6.07, 6.45) is 3.29. The van der Waals surface area contributed by atoms with Crippen LogP contribution in [0.2, 0.25) is 0 Å². The van der Waals surface area contributed by atoms with Crippen LogP contribution in [0.3, 0.4) is 0 Å². The Balaban J connectivity index is 1.90. The Morgan fingerprint density at radius 3 is 2.81 bits per heavy atom. The molecule has 0 saturated carbocycles. The number of rotatable bonds is 4. The molecule has 4 heteroatoms. The van der Waals surface area contributed by atoms with Crippen molar-refractivity contribution in [2.24, 2.45) is 0 Å². The Morgan fingerprint density at radius 2 is 2.12 bits per heavy atom. The SMILES string of the molecule is Fc1cc(Br)ccc1CNCc1ccoc1. The van der Waals surface area contributed by atoms with Crippen LogP contribution in [-0.2, 0) is 13.1 Å². The lowest BCUT2D eigenvalue weighted by molar-refractivity contribution is 0.557. The highest BCUT2D eigenvalue weighted by molar-refractivity contribution is 9.10. The van der Waals surface area contributed by atoms with Crippen molar-refractivity contribution in [3.8, 4) is 0 Å². The van der Waals surface area contributed by atoms with E-state index < -0.39 is 0 Å². The van der Waals surface area contributed by atoms with Gasteiger partial charge in [0.15, 0.2) is 0 Å². The molecule has 0 bridgehead atoms. The summed E-state index contributed by atoms with van der Waals surface area (Å²) in [5.74, 6) is -0.200. The van der Waals surface area contributed by atoms with Gasteiger partial charge in [0.1, 0.15) is 5.82 Å². The van der Waals surface area contributed by atoms with Gasteiger partial charge in [-0.25, -0.2) is 4.39 Å². The molecule has 1 N–H and O–H groups in total. The molecule has 1 aromatic carbocycles. The van der Waals surface area contributed by atoms with Crippen LogP contribution in [0.4, 0.5) is 4.39 Å². The third kappa shape index (κ3) is 2.93. The first-order valence-corrected chi connectivity index (χ1v) is 5.71. The third-order valence-corrected chi connectivity index (χ3v) is 2.73. The van der Waals surface area contributed by atoms with E-state index in [1.54, 1.807) is 18.6 Å². The van der Waals surface area contributed by atoms with Gasteiger partial charge in [-0.15, -0.1) is 0 Å². The zero-order valence-electron chi connectivity index (χ0n) is 8.54. The average Bonchev–Trinajstić information content (AvgIpc) is 2.74. The van der Waals surface area contributed by atoms with Gasteiger partial charge in [-0.1, -0.05) is 22.0 Å². The van der Waals surface area contributed by atoms with E-state index in [0.717, 1.165) is 10.0 Å². The van der Waals surface area contributed by atoms with Crippen molar-refractivity contribution in [3.63, 3.8) is 0 Å². The molecule has 2 rings (SSSR count). The maximum Gasteiger partial charge on any atom is 0.128 e. The number of halogens is 2. The normalized spacial score (nSPS) is 10.6. The molecule has 0 radical (unpaired) electrons. The highest BCUT2D eigenvalue weighted by Gasteiger charge is 2.02. The highest BCUT2D eigenvalue weighted by atomic mass is 79.9. The lowest BCUT2D eigenvalue weighted by atomic mass is 10.2. The lowest BCUT2D eigenvalue weighted by Gasteiger charge is -2.05. The van der Waals surface area contributed by atoms with Gasteiger partial charge < -0.3 is 9.73 Å². The van der Waals surface area contributed by atoms with Gasteiger partial charge in [-0.05, 0) is 18.2 Å². The molecule has 1 aromatic heterocycles. The predicted octanol–water partition coefficient (Wildman–Crippen LogP) is 3.47. The van der Waals surface area contributed by atoms with Gasteiger partial charge in [0, 0.05) is 28.7 Å². The molecule has 0 amide bonds. The monoisotopic (exact) mass is 283 g/mol. The summed E-state index contributed by atoms with van der Waals surface area (Å²) in [7, 11) is 0. The van der Waals surface area contributed by atoms with E-state index in [-0.39, 0.29) is 5.82 Å². The molecule has 84 valence electrons. The van der Waals surface area contributed by atoms with E-state index in [1.807, 2.05) is 12.1 Å². The topological polar surface area (TPSA) is 25.2 Å². The molecule has 0 aliphatic carbocycles. The maximum absolute atomic E-state index is 13.4. The van der Waals surface area contributed by atoms with Crippen LogP contribution in [0.1, 0.15) is 11.1 Å². The first kappa shape index (κ1) is 11.4. The fraction of sp³-hybridized carbons (Fsp3) is 0.167. The average molecular weight is 284 g/mol. The number of benzene rings is 1. The second-order valence-electron chi connectivity index (χ2n) is 3.47. The minimum atomic E-state index is -0.200. The highest BCUT2D eigenvalue weighted by Crippen LogP contribution is 2.15. The van der Waals surface area contributed by atoms with Gasteiger partial charge in [0.25, 0.3) is 0 Å². The lowest BCUT2D eigenvalue weighted by Crippen LogP contribution is -2.13. The molecule has 0 unspecified atom stereocenters. The molecule has 0 atom stereocenters. The number of hydrogen-bond donors (Lipinski definition) is 1. The molecule has 0 spiro atoms. The second-order valence-corrected chi connectivity index (χ2v) is 4.39. The van der Waals surface area contributed by atoms with Gasteiger partial charge in [0.2, 0.25) is 0 Å². The van der Waals surface area contributed by atoms with Crippen molar-refractivity contribution in [1.29, 1.82) is 0 Å². The van der Waals surface area contributed by atoms with E-state index in [9.17, 15) is 4.39 Å². The van der Waals surface area contributed by atoms with Gasteiger partial charge in [0.05, 0.1) is 12.5 Å². The zero-order valence-corrected chi connectivity index (χ0v) is 10.1. The van der Waals surface area contributed by atoms with Crippen molar-refractivity contribution in [2.75, 3.05) is 0 Å². The van der Waals surface area contributed by atoms with E-state index in [1.165, 1.54) is 6.07 Å². The summed E-state index contributed by atoms with van der Waals surface area (Å²) in [5.41, 5.74) is 1.71. The van der Waals surface area contributed by atoms with Crippen molar-refractivity contribution < 1.29 is 8.81 Å². The molecular formula is C12H11BrFNO. The Kier molecular flexibility index (Phi) is 3.74. The van der Waals surface area contributed by atoms with Crippen LogP contribution < -0.4 is 5.32 Å². The van der Waals surface area contributed by atoms with E-state index >= 15 is 0 Å². The molecule has 0 aliphatic rings. The standard InChI is InChI=1S/C12H11BrFNO/c13-11-2-1-10(12(14)5-11)7-15-6-9-3-4-16-8-9/h1-5,8,15H,6-7H2. The van der Waals surface area contributed by atoms with E-state index in [2.05, 4.69) is 21.2 Å². The van der Waals surface area contributed by atoms with Gasteiger partial charge in [-0.2, -0.15) is 0 Å². The second kappa shape index (κ2) is 5.27. The number of furan rings is 1. The maximum atomic E-state index is 13.4. The molecule has 0 fully saturated rings. The van der Waals surface area contributed by atoms with E-state index in [0.29, 0.717) is 18.7 Å². The van der Waals surface area contributed by atoms with Gasteiger partial charge >= 0.3 is 0 Å². The van der Waals surface area contributed by atoms with Crippen LogP contribution in [0.15, 0.2) is 45.7 Å². The van der Waals surface area contributed by atoms with Crippen LogP contribution in [-0.4, -0.2) is 0 Å². The summed E-state index contributed by atoms with van der Waals surface area (Å²) in [4.78, 5) is 0. The Bertz CT molecular complexity index is 456. The summed E-state index contributed by atoms with van der Waals surface area (Å²) < 4.78 is 19.1. The minimum Gasteiger partial charge on any atom is -0.472 e.